The van der Waals surface area contributed by atoms with Gasteiger partial charge in [0.15, 0.2) is 0 Å². The van der Waals surface area contributed by atoms with Gasteiger partial charge in [0.2, 0.25) is 0 Å². The third kappa shape index (κ3) is 5.45. The molecule has 0 aliphatic carbocycles. The minimum atomic E-state index is 0.496. The molecule has 0 saturated carbocycles. The number of hydrogen-bond donors (Lipinski definition) is 0. The van der Waals surface area contributed by atoms with E-state index in [4.69, 9.17) is 0 Å². The van der Waals surface area contributed by atoms with Crippen molar-refractivity contribution >= 4 is 6.34 Å². The van der Waals surface area contributed by atoms with Crippen molar-refractivity contribution in [2.75, 3.05) is 14.1 Å². The van der Waals surface area contributed by atoms with E-state index in [0.29, 0.717) is 6.04 Å². The van der Waals surface area contributed by atoms with Gasteiger partial charge in [-0.3, -0.25) is 4.99 Å². The quantitative estimate of drug-likeness (QED) is 0.350. The minimum Gasteiger partial charge on any atom is -0.360 e. The number of unbranched alkanes of at least 4 members (excludes halogenated alkanes) is 1. The first-order valence-electron chi connectivity index (χ1n) is 5.07. The topological polar surface area (TPSA) is 15.6 Å². The van der Waals surface area contributed by atoms with Crippen molar-refractivity contribution in [1.29, 1.82) is 0 Å². The zero-order chi connectivity index (χ0) is 10.1. The molecule has 0 aromatic heterocycles. The molecule has 2 heteroatoms. The monoisotopic (exact) mass is 182 g/mol. The minimum absolute atomic E-state index is 0.496. The van der Waals surface area contributed by atoms with Gasteiger partial charge in [0.1, 0.15) is 0 Å². The Labute approximate surface area is 82.4 Å². The number of rotatable bonds is 6. The van der Waals surface area contributed by atoms with Crippen LogP contribution in [-0.2, 0) is 0 Å². The first-order chi connectivity index (χ1) is 6.26. The van der Waals surface area contributed by atoms with E-state index in [-0.39, 0.29) is 0 Å². The number of allylic oxidation sites excluding steroid dienone is 1. The highest BCUT2D eigenvalue weighted by atomic mass is 15.1. The summed E-state index contributed by atoms with van der Waals surface area (Å²) in [5.41, 5.74) is 0. The number of nitrogens with zero attached hydrogens (tertiary/aromatic N) is 2. The number of aliphatic imine (C=N–C) groups is 1. The maximum Gasteiger partial charge on any atom is 0.0848 e. The molecule has 1 atom stereocenters. The molecule has 0 rings (SSSR count). The maximum atomic E-state index is 4.00. The van der Waals surface area contributed by atoms with Crippen LogP contribution in [0.1, 0.15) is 33.1 Å². The van der Waals surface area contributed by atoms with Crippen LogP contribution in [0.15, 0.2) is 17.1 Å². The summed E-state index contributed by atoms with van der Waals surface area (Å²) in [6.07, 6.45) is 9.93. The molecule has 0 N–H and O–H groups in total. The van der Waals surface area contributed by atoms with Crippen molar-refractivity contribution in [3.63, 3.8) is 0 Å². The molecule has 0 aromatic carbocycles. The highest BCUT2D eigenvalue weighted by molar-refractivity contribution is 5.55. The van der Waals surface area contributed by atoms with E-state index in [0.717, 1.165) is 6.42 Å². The first kappa shape index (κ1) is 12.2. The van der Waals surface area contributed by atoms with Gasteiger partial charge in [0, 0.05) is 20.1 Å². The van der Waals surface area contributed by atoms with Crippen molar-refractivity contribution in [2.24, 2.45) is 4.99 Å². The first-order valence-corrected chi connectivity index (χ1v) is 5.07. The van der Waals surface area contributed by atoms with Crippen LogP contribution in [-0.4, -0.2) is 31.4 Å². The average Bonchev–Trinajstić information content (AvgIpc) is 2.13. The predicted octanol–water partition coefficient (Wildman–Crippen LogP) is 2.71. The molecular weight excluding hydrogens is 160 g/mol. The Morgan fingerprint density at radius 3 is 2.54 bits per heavy atom. The Kier molecular flexibility index (Phi) is 7.36. The fourth-order valence-corrected chi connectivity index (χ4v) is 1.25. The molecule has 13 heavy (non-hydrogen) atoms. The molecule has 1 unspecified atom stereocenters. The summed E-state index contributed by atoms with van der Waals surface area (Å²) < 4.78 is 0. The van der Waals surface area contributed by atoms with Crippen LogP contribution in [0.25, 0.3) is 0 Å². The molecule has 0 bridgehead atoms. The van der Waals surface area contributed by atoms with E-state index in [2.05, 4.69) is 42.9 Å². The van der Waals surface area contributed by atoms with Gasteiger partial charge in [-0.05, 0) is 12.8 Å². The van der Waals surface area contributed by atoms with Crippen LogP contribution in [0, 0.1) is 0 Å². The lowest BCUT2D eigenvalue weighted by molar-refractivity contribution is 0.426. The molecule has 0 amide bonds. The third-order valence-electron chi connectivity index (χ3n) is 2.05. The molecule has 0 aliphatic rings. The van der Waals surface area contributed by atoms with Gasteiger partial charge in [-0.2, -0.15) is 0 Å². The van der Waals surface area contributed by atoms with Gasteiger partial charge in [-0.25, -0.2) is 0 Å². The fraction of sp³-hybridized carbons (Fsp3) is 0.727. The average molecular weight is 182 g/mol. The molecular formula is C11H22N2. The standard InChI is InChI=1S/C11H22N2/c1-5-7-8-9-11(6-2)13(4)10-12-3/h8-11H,5-7H2,1-4H3/b9-8+,12-10-. The summed E-state index contributed by atoms with van der Waals surface area (Å²) in [6, 6.07) is 0.496. The normalized spacial score (nSPS) is 14.2. The van der Waals surface area contributed by atoms with Crippen molar-refractivity contribution in [1.82, 2.24) is 4.90 Å². The Bertz CT molecular complexity index is 161. The van der Waals surface area contributed by atoms with E-state index in [1.165, 1.54) is 12.8 Å². The molecule has 2 nitrogen and oxygen atoms in total. The zero-order valence-corrected chi connectivity index (χ0v) is 9.33. The molecule has 0 radical (unpaired) electrons. The molecule has 0 spiro atoms. The number of likely N-dealkylation sites (N-methyl/N-ethyl adjacent to an activating group) is 1. The van der Waals surface area contributed by atoms with Crippen molar-refractivity contribution in [3.8, 4) is 0 Å². The lowest BCUT2D eigenvalue weighted by Gasteiger charge is -2.21. The summed E-state index contributed by atoms with van der Waals surface area (Å²) in [7, 11) is 3.87. The maximum absolute atomic E-state index is 4.00. The fourth-order valence-electron chi connectivity index (χ4n) is 1.25. The highest BCUT2D eigenvalue weighted by Gasteiger charge is 2.03. The summed E-state index contributed by atoms with van der Waals surface area (Å²) in [6.45, 7) is 4.39. The second-order valence-corrected chi connectivity index (χ2v) is 3.23. The van der Waals surface area contributed by atoms with Gasteiger partial charge < -0.3 is 4.90 Å². The molecule has 0 saturated heterocycles. The molecule has 0 aliphatic heterocycles. The highest BCUT2D eigenvalue weighted by Crippen LogP contribution is 2.02. The second-order valence-electron chi connectivity index (χ2n) is 3.23. The SMILES string of the molecule is CCC/C=C/C(CC)N(C)/C=N\C. The van der Waals surface area contributed by atoms with Crippen LogP contribution < -0.4 is 0 Å². The zero-order valence-electron chi connectivity index (χ0n) is 9.33. The van der Waals surface area contributed by atoms with E-state index in [1.54, 1.807) is 7.05 Å². The Hall–Kier alpha value is -0.790. The van der Waals surface area contributed by atoms with E-state index >= 15 is 0 Å². The lowest BCUT2D eigenvalue weighted by atomic mass is 10.1. The number of hydrogen-bond acceptors (Lipinski definition) is 1. The molecule has 76 valence electrons. The van der Waals surface area contributed by atoms with Crippen LogP contribution >= 0.6 is 0 Å². The van der Waals surface area contributed by atoms with Crippen LogP contribution in [0.3, 0.4) is 0 Å². The largest absolute Gasteiger partial charge is 0.360 e. The summed E-state index contributed by atoms with van der Waals surface area (Å²) in [5, 5.41) is 0. The van der Waals surface area contributed by atoms with Gasteiger partial charge >= 0.3 is 0 Å². The van der Waals surface area contributed by atoms with Gasteiger partial charge in [0.05, 0.1) is 6.34 Å². The summed E-state index contributed by atoms with van der Waals surface area (Å²) in [4.78, 5) is 6.14. The Balaban J connectivity index is 4.00. The van der Waals surface area contributed by atoms with Crippen LogP contribution in [0.4, 0.5) is 0 Å². The van der Waals surface area contributed by atoms with Crippen molar-refractivity contribution < 1.29 is 0 Å². The summed E-state index contributed by atoms with van der Waals surface area (Å²) >= 11 is 0. The summed E-state index contributed by atoms with van der Waals surface area (Å²) in [5.74, 6) is 0. The van der Waals surface area contributed by atoms with Crippen molar-refractivity contribution in [2.45, 2.75) is 39.2 Å². The van der Waals surface area contributed by atoms with E-state index in [9.17, 15) is 0 Å². The smallest absolute Gasteiger partial charge is 0.0848 e. The van der Waals surface area contributed by atoms with Crippen LogP contribution in [0.5, 0.6) is 0 Å². The van der Waals surface area contributed by atoms with Gasteiger partial charge in [-0.1, -0.05) is 32.4 Å². The Morgan fingerprint density at radius 2 is 2.08 bits per heavy atom. The van der Waals surface area contributed by atoms with Crippen molar-refractivity contribution in [3.05, 3.63) is 12.2 Å². The van der Waals surface area contributed by atoms with E-state index < -0.39 is 0 Å². The predicted molar refractivity (Wildman–Crippen MR) is 60.3 cm³/mol. The lowest BCUT2D eigenvalue weighted by Crippen LogP contribution is -2.27. The van der Waals surface area contributed by atoms with Gasteiger partial charge in [0.25, 0.3) is 0 Å². The molecule has 0 aromatic rings. The molecule has 0 fully saturated rings. The molecule has 0 heterocycles. The Morgan fingerprint density at radius 1 is 1.38 bits per heavy atom. The third-order valence-corrected chi connectivity index (χ3v) is 2.05. The second kappa shape index (κ2) is 7.84. The van der Waals surface area contributed by atoms with Crippen LogP contribution in [0.2, 0.25) is 0 Å². The van der Waals surface area contributed by atoms with Gasteiger partial charge in [-0.15, -0.1) is 0 Å². The van der Waals surface area contributed by atoms with E-state index in [1.807, 2.05) is 6.34 Å².